The molecule has 3 heterocycles. The maximum absolute atomic E-state index is 14.1. The summed E-state index contributed by atoms with van der Waals surface area (Å²) < 4.78 is 30.3. The number of hydrogen-bond donors (Lipinski definition) is 10. The number of esters is 1. The van der Waals surface area contributed by atoms with E-state index in [9.17, 15) is 45.3 Å². The molecule has 0 bridgehead atoms. The lowest BCUT2D eigenvalue weighted by Crippen LogP contribution is -3.16. The third-order valence-corrected chi connectivity index (χ3v) is 12.0. The molecule has 0 aromatic carbocycles. The van der Waals surface area contributed by atoms with Gasteiger partial charge in [0.25, 0.3) is 0 Å². The van der Waals surface area contributed by atoms with Gasteiger partial charge in [0.05, 0.1) is 69.0 Å². The summed E-state index contributed by atoms with van der Waals surface area (Å²) in [6.45, 7) is -0.0777. The molecule has 0 aromatic heterocycles. The quantitative estimate of drug-likeness (QED) is 0.0155. The van der Waals surface area contributed by atoms with Crippen LogP contribution in [0.1, 0.15) is 64.2 Å². The average molecular weight is 841 g/mol. The fourth-order valence-electron chi connectivity index (χ4n) is 8.83. The molecule has 334 valence electrons. The Bertz CT molecular complexity index is 1480. The van der Waals surface area contributed by atoms with Gasteiger partial charge >= 0.3 is 5.97 Å². The zero-order chi connectivity index (χ0) is 42.5. The highest BCUT2D eigenvalue weighted by Crippen LogP contribution is 2.40. The van der Waals surface area contributed by atoms with Gasteiger partial charge in [-0.2, -0.15) is 0 Å². The average Bonchev–Trinajstić information content (AvgIpc) is 3.73. The van der Waals surface area contributed by atoms with Crippen LogP contribution in [0.4, 0.5) is 0 Å². The summed E-state index contributed by atoms with van der Waals surface area (Å²) in [4.78, 5) is 31.9. The number of rotatable bonds is 18. The van der Waals surface area contributed by atoms with Gasteiger partial charge in [-0.1, -0.05) is 30.2 Å². The minimum absolute atomic E-state index is 0.000976. The number of guanidine groups is 1. The minimum Gasteiger partial charge on any atom is -0.550 e. The van der Waals surface area contributed by atoms with E-state index < -0.39 is 84.9 Å². The lowest BCUT2D eigenvalue weighted by atomic mass is 9.78. The Labute approximate surface area is 344 Å². The summed E-state index contributed by atoms with van der Waals surface area (Å²) >= 11 is 0. The van der Waals surface area contributed by atoms with Crippen molar-refractivity contribution in [3.8, 4) is 0 Å². The highest BCUT2D eigenvalue weighted by molar-refractivity contribution is 5.89. The van der Waals surface area contributed by atoms with Crippen LogP contribution in [0, 0.1) is 23.7 Å². The Balaban J connectivity index is 1.57. The number of carbonyl (C=O) groups excluding carboxylic acids is 2. The molecule has 0 amide bonds. The molecule has 59 heavy (non-hydrogen) atoms. The number of piperidine rings is 1. The molecular formula is C40H66N5O14+. The second-order valence-corrected chi connectivity index (χ2v) is 16.3. The van der Waals surface area contributed by atoms with Gasteiger partial charge in [-0.3, -0.25) is 4.99 Å². The first-order valence-electron chi connectivity index (χ1n) is 21.1. The molecule has 0 radical (unpaired) electrons. The van der Waals surface area contributed by atoms with Crippen LogP contribution in [0.5, 0.6) is 0 Å². The molecule has 2 saturated heterocycles. The standard InChI is InChI=1S/C40H65N5O14/c1-42-23-56-34-38(58-31(21-48)33(49)40(34,53)54)59-37-28(18-24-8-3-2-4-9-24)27(30(22-55-37)36(52)57-26-10-5-6-11-26)13-12-25-19-45(15-17-47)20-29(35(50)51)32(25)44-39(41)43-14-7-16-46/h12-13,18,22,25-29,31-34,37-38,42,46-49,53-54H,2-11,14-17,19-21,23H2,1H3,(H,50,51)(H3,41,43,44)/p+1/t25?,27-,28+,29?,31+,32?,33+,34+,37+,38-/m0/s1. The summed E-state index contributed by atoms with van der Waals surface area (Å²) in [5.41, 5.74) is 7.52. The zero-order valence-corrected chi connectivity index (χ0v) is 33.9. The number of allylic oxidation sites excluding steroid dienone is 2. The first-order valence-corrected chi connectivity index (χ1v) is 21.1. The molecule has 5 rings (SSSR count). The van der Waals surface area contributed by atoms with Gasteiger partial charge in [0, 0.05) is 25.0 Å². The van der Waals surface area contributed by atoms with Crippen LogP contribution in [0.2, 0.25) is 0 Å². The molecule has 4 unspecified atom stereocenters. The topological polar surface area (TPSA) is 296 Å². The summed E-state index contributed by atoms with van der Waals surface area (Å²) in [6.07, 6.45) is 6.95. The molecule has 4 fully saturated rings. The van der Waals surface area contributed by atoms with E-state index in [0.29, 0.717) is 13.0 Å². The van der Waals surface area contributed by atoms with E-state index in [1.54, 1.807) is 12.4 Å². The second-order valence-electron chi connectivity index (χ2n) is 16.3. The Kier molecular flexibility index (Phi) is 17.9. The number of carboxylic acid groups (broad SMARTS) is 1. The molecule has 12 N–H and O–H groups in total. The van der Waals surface area contributed by atoms with Crippen molar-refractivity contribution in [3.05, 3.63) is 35.6 Å². The van der Waals surface area contributed by atoms with E-state index in [-0.39, 0.29) is 57.2 Å². The van der Waals surface area contributed by atoms with Crippen molar-refractivity contribution < 1.29 is 79.2 Å². The number of likely N-dealkylation sites (tertiary alicyclic amines) is 1. The van der Waals surface area contributed by atoms with Gasteiger partial charge in [0.1, 0.15) is 24.9 Å². The van der Waals surface area contributed by atoms with Crippen LogP contribution in [0.3, 0.4) is 0 Å². The first-order chi connectivity index (χ1) is 28.4. The van der Waals surface area contributed by atoms with Crippen LogP contribution in [-0.4, -0.2) is 157 Å². The number of aliphatic imine (C=N–C) groups is 1. The molecule has 19 nitrogen and oxygen atoms in total. The second kappa shape index (κ2) is 22.6. The van der Waals surface area contributed by atoms with Gasteiger partial charge in [0.15, 0.2) is 25.1 Å². The van der Waals surface area contributed by atoms with E-state index in [0.717, 1.165) is 68.3 Å². The Hall–Kier alpha value is -3.21. The minimum atomic E-state index is -2.90. The number of hydrogen-bond acceptors (Lipinski definition) is 15. The molecule has 2 aliphatic carbocycles. The first kappa shape index (κ1) is 46.8. The van der Waals surface area contributed by atoms with Crippen LogP contribution in [0.15, 0.2) is 40.6 Å². The maximum Gasteiger partial charge on any atom is 0.338 e. The van der Waals surface area contributed by atoms with E-state index in [1.165, 1.54) is 6.26 Å². The number of aliphatic hydroxyl groups is 6. The van der Waals surface area contributed by atoms with Gasteiger partial charge in [-0.05, 0) is 57.8 Å². The number of nitrogens with one attached hydrogen (secondary N) is 2. The molecule has 3 aliphatic heterocycles. The number of carbonyl (C=O) groups is 2. The fourth-order valence-corrected chi connectivity index (χ4v) is 8.83. The largest absolute Gasteiger partial charge is 0.550 e. The van der Waals surface area contributed by atoms with E-state index in [4.69, 9.17) is 29.4 Å². The summed E-state index contributed by atoms with van der Waals surface area (Å²) in [6, 6.07) is -0.801. The highest BCUT2D eigenvalue weighted by atomic mass is 16.8. The molecular weight excluding hydrogens is 774 g/mol. The number of quaternary nitrogens is 2. The molecule has 11 atom stereocenters. The molecule has 5 aliphatic rings. The number of ether oxygens (including phenoxy) is 5. The Morgan fingerprint density at radius 3 is 2.49 bits per heavy atom. The van der Waals surface area contributed by atoms with E-state index in [2.05, 4.69) is 10.3 Å². The smallest absolute Gasteiger partial charge is 0.338 e. The maximum atomic E-state index is 14.1. The van der Waals surface area contributed by atoms with Crippen molar-refractivity contribution in [1.82, 2.24) is 5.32 Å². The molecule has 0 spiro atoms. The van der Waals surface area contributed by atoms with Crippen LogP contribution >= 0.6 is 0 Å². The third kappa shape index (κ3) is 12.2. The van der Waals surface area contributed by atoms with Crippen LogP contribution < -0.4 is 26.4 Å². The SMILES string of the molecule is C[NH2+]CO[C@@H]1[C@H](O[C@H]2OC=C(C(=O)OC3CCCC3)[C@@H](C=CC3C[NH+](CCO)CC(C(=O)[O-])C3NC(N)=NCCCO)[C@H]2C=C2CCCCC2)O[C@H](CO)[C@@H](O)C1(O)O. The molecule has 19 heteroatoms. The molecule has 2 saturated carbocycles. The summed E-state index contributed by atoms with van der Waals surface area (Å²) in [7, 11) is 1.69. The van der Waals surface area contributed by atoms with E-state index >= 15 is 0 Å². The van der Waals surface area contributed by atoms with Crippen molar-refractivity contribution in [2.45, 2.75) is 113 Å². The third-order valence-electron chi connectivity index (χ3n) is 12.0. The molecule has 0 aromatic rings. The van der Waals surface area contributed by atoms with Gasteiger partial charge in [-0.25, -0.2) is 4.79 Å². The summed E-state index contributed by atoms with van der Waals surface area (Å²) in [5, 5.41) is 79.4. The number of nitrogens with zero attached hydrogens (tertiary/aromatic N) is 1. The fraction of sp³-hybridized carbons (Fsp3) is 0.775. The highest BCUT2D eigenvalue weighted by Gasteiger charge is 2.58. The lowest BCUT2D eigenvalue weighted by Gasteiger charge is -2.47. The van der Waals surface area contributed by atoms with Crippen LogP contribution in [-0.2, 0) is 33.3 Å². The normalized spacial score (nSPS) is 34.3. The van der Waals surface area contributed by atoms with Crippen LogP contribution in [0.25, 0.3) is 0 Å². The Morgan fingerprint density at radius 1 is 1.08 bits per heavy atom. The predicted molar refractivity (Wildman–Crippen MR) is 206 cm³/mol. The lowest BCUT2D eigenvalue weighted by molar-refractivity contribution is -0.911. The van der Waals surface area contributed by atoms with Crippen molar-refractivity contribution in [2.24, 2.45) is 34.4 Å². The Morgan fingerprint density at radius 2 is 1.83 bits per heavy atom. The van der Waals surface area contributed by atoms with Crippen molar-refractivity contribution >= 4 is 17.9 Å². The van der Waals surface area contributed by atoms with Gasteiger partial charge < -0.3 is 85.5 Å². The number of aliphatic carboxylic acids is 1. The van der Waals surface area contributed by atoms with Gasteiger partial charge in [0.2, 0.25) is 12.1 Å². The summed E-state index contributed by atoms with van der Waals surface area (Å²) in [5.74, 6) is -7.94. The predicted octanol–water partition coefficient (Wildman–Crippen LogP) is -4.77. The number of carboxylic acids is 1. The number of aliphatic hydroxyl groups excluding tert-OH is 4. The van der Waals surface area contributed by atoms with Gasteiger partial charge in [-0.15, -0.1) is 0 Å². The van der Waals surface area contributed by atoms with Crippen molar-refractivity contribution in [2.75, 3.05) is 59.8 Å². The van der Waals surface area contributed by atoms with E-state index in [1.807, 2.05) is 18.2 Å². The van der Waals surface area contributed by atoms with Crippen molar-refractivity contribution in [1.29, 1.82) is 0 Å². The van der Waals surface area contributed by atoms with Crippen molar-refractivity contribution in [3.63, 3.8) is 0 Å². The number of nitrogens with two attached hydrogens (primary N) is 2. The zero-order valence-electron chi connectivity index (χ0n) is 33.9. The monoisotopic (exact) mass is 840 g/mol.